The molecule has 0 radical (unpaired) electrons. The molecule has 0 aliphatic rings. The first kappa shape index (κ1) is 16.7. The van der Waals surface area contributed by atoms with Gasteiger partial charge in [-0.05, 0) is 26.0 Å². The van der Waals surface area contributed by atoms with Crippen LogP contribution in [0.15, 0.2) is 0 Å². The third kappa shape index (κ3) is 6.90. The maximum absolute atomic E-state index is 11.5. The fraction of sp³-hybridized carbons (Fsp3) is 0.900. The lowest BCUT2D eigenvalue weighted by atomic mass is 10.2. The van der Waals surface area contributed by atoms with Gasteiger partial charge in [0.2, 0.25) is 0 Å². The molecule has 0 aromatic rings. The van der Waals surface area contributed by atoms with Crippen LogP contribution in [0.5, 0.6) is 0 Å². The lowest BCUT2D eigenvalue weighted by Gasteiger charge is -2.09. The highest BCUT2D eigenvalue weighted by Crippen LogP contribution is 2.08. The molecule has 0 spiro atoms. The van der Waals surface area contributed by atoms with Crippen molar-refractivity contribution in [3.8, 4) is 0 Å². The van der Waals surface area contributed by atoms with E-state index in [-0.39, 0.29) is 11.0 Å². The highest BCUT2D eigenvalue weighted by Gasteiger charge is 2.16. The molecule has 102 valence electrons. The van der Waals surface area contributed by atoms with Crippen LogP contribution in [0, 0.1) is 0 Å². The number of esters is 1. The van der Waals surface area contributed by atoms with Crippen molar-refractivity contribution in [2.24, 2.45) is 5.73 Å². The van der Waals surface area contributed by atoms with Crippen LogP contribution in [0.3, 0.4) is 0 Å². The summed E-state index contributed by atoms with van der Waals surface area (Å²) in [6, 6.07) is -0.616. The van der Waals surface area contributed by atoms with Gasteiger partial charge in [0.15, 0.2) is 9.84 Å². The van der Waals surface area contributed by atoms with E-state index in [9.17, 15) is 13.2 Å². The van der Waals surface area contributed by atoms with Crippen LogP contribution in [0.2, 0.25) is 0 Å². The molecule has 0 rings (SSSR count). The number of carbonyl (C=O) groups is 1. The van der Waals surface area contributed by atoms with E-state index < -0.39 is 21.8 Å². The Kier molecular flexibility index (Phi) is 7.82. The van der Waals surface area contributed by atoms with Gasteiger partial charge in [-0.25, -0.2) is 8.42 Å². The summed E-state index contributed by atoms with van der Waals surface area (Å²) in [4.78, 5) is 11.0. The highest BCUT2D eigenvalue weighted by molar-refractivity contribution is 8.00. The molecule has 1 unspecified atom stereocenters. The topological polar surface area (TPSA) is 86.5 Å². The van der Waals surface area contributed by atoms with Gasteiger partial charge in [-0.15, -0.1) is 0 Å². The molecule has 7 heteroatoms. The quantitative estimate of drug-likeness (QED) is 0.513. The summed E-state index contributed by atoms with van der Waals surface area (Å²) in [7, 11) is -1.67. The number of rotatable bonds is 8. The number of methoxy groups -OCH3 is 1. The summed E-state index contributed by atoms with van der Waals surface area (Å²) < 4.78 is 27.4. The van der Waals surface area contributed by atoms with Crippen LogP contribution in [0.1, 0.15) is 20.3 Å². The minimum absolute atomic E-state index is 0.169. The molecule has 0 saturated carbocycles. The SMILES string of the molecule is COC(=O)C(N)CCSCCS(=O)(=O)C(C)C. The lowest BCUT2D eigenvalue weighted by Crippen LogP contribution is -2.32. The van der Waals surface area contributed by atoms with Crippen LogP contribution < -0.4 is 5.73 Å². The summed E-state index contributed by atoms with van der Waals surface area (Å²) in [5.74, 6) is 0.932. The van der Waals surface area contributed by atoms with Crippen molar-refractivity contribution < 1.29 is 17.9 Å². The first-order chi connectivity index (χ1) is 7.81. The minimum atomic E-state index is -2.96. The Balaban J connectivity index is 3.70. The van der Waals surface area contributed by atoms with Gasteiger partial charge in [-0.2, -0.15) is 11.8 Å². The maximum Gasteiger partial charge on any atom is 0.322 e. The van der Waals surface area contributed by atoms with Crippen LogP contribution in [0.4, 0.5) is 0 Å². The summed E-state index contributed by atoms with van der Waals surface area (Å²) in [5.41, 5.74) is 5.54. The van der Waals surface area contributed by atoms with Gasteiger partial charge in [0, 0.05) is 5.75 Å². The van der Waals surface area contributed by atoms with Gasteiger partial charge in [0.1, 0.15) is 6.04 Å². The van der Waals surface area contributed by atoms with E-state index in [0.717, 1.165) is 0 Å². The van der Waals surface area contributed by atoms with Gasteiger partial charge >= 0.3 is 5.97 Å². The van der Waals surface area contributed by atoms with E-state index in [1.807, 2.05) is 0 Å². The minimum Gasteiger partial charge on any atom is -0.468 e. The molecule has 0 bridgehead atoms. The van der Waals surface area contributed by atoms with Crippen molar-refractivity contribution in [3.63, 3.8) is 0 Å². The summed E-state index contributed by atoms with van der Waals surface area (Å²) in [6.07, 6.45) is 0.499. The first-order valence-corrected chi connectivity index (χ1v) is 8.31. The lowest BCUT2D eigenvalue weighted by molar-refractivity contribution is -0.142. The second-order valence-corrected chi connectivity index (χ2v) is 7.85. The molecule has 0 aromatic heterocycles. The Bertz CT molecular complexity index is 327. The zero-order valence-electron chi connectivity index (χ0n) is 10.5. The molecule has 0 fully saturated rings. The molecule has 0 heterocycles. The second-order valence-electron chi connectivity index (χ2n) is 3.95. The highest BCUT2D eigenvalue weighted by atomic mass is 32.2. The standard InChI is InChI=1S/C10H21NO4S2/c1-8(2)17(13,14)7-6-16-5-4-9(11)10(12)15-3/h8-9H,4-7,11H2,1-3H3. The number of carbonyl (C=O) groups excluding carboxylic acids is 1. The van der Waals surface area contributed by atoms with Crippen LogP contribution >= 0.6 is 11.8 Å². The zero-order valence-corrected chi connectivity index (χ0v) is 12.1. The zero-order chi connectivity index (χ0) is 13.5. The van der Waals surface area contributed by atoms with Crippen LogP contribution in [-0.2, 0) is 19.4 Å². The van der Waals surface area contributed by atoms with Gasteiger partial charge in [-0.3, -0.25) is 4.79 Å². The molecule has 0 amide bonds. The van der Waals surface area contributed by atoms with Gasteiger partial charge in [0.25, 0.3) is 0 Å². The van der Waals surface area contributed by atoms with E-state index in [1.165, 1.54) is 18.9 Å². The molecule has 1 atom stereocenters. The predicted molar refractivity (Wildman–Crippen MR) is 70.9 cm³/mol. The van der Waals surface area contributed by atoms with E-state index in [1.54, 1.807) is 13.8 Å². The van der Waals surface area contributed by atoms with E-state index >= 15 is 0 Å². The van der Waals surface area contributed by atoms with E-state index in [4.69, 9.17) is 5.73 Å². The van der Waals surface area contributed by atoms with E-state index in [0.29, 0.717) is 17.9 Å². The molecule has 0 aliphatic heterocycles. The van der Waals surface area contributed by atoms with Crippen molar-refractivity contribution in [2.45, 2.75) is 31.6 Å². The largest absolute Gasteiger partial charge is 0.468 e. The Morgan fingerprint density at radius 1 is 1.35 bits per heavy atom. The molecular formula is C10H21NO4S2. The number of hydrogen-bond acceptors (Lipinski definition) is 6. The molecule has 5 nitrogen and oxygen atoms in total. The number of nitrogens with two attached hydrogens (primary N) is 1. The van der Waals surface area contributed by atoms with Crippen molar-refractivity contribution in [2.75, 3.05) is 24.4 Å². The van der Waals surface area contributed by atoms with Gasteiger partial charge in [-0.1, -0.05) is 0 Å². The third-order valence-electron chi connectivity index (χ3n) is 2.31. The summed E-state index contributed by atoms with van der Waals surface area (Å²) >= 11 is 1.49. The average Bonchev–Trinajstić information content (AvgIpc) is 2.26. The van der Waals surface area contributed by atoms with Crippen molar-refractivity contribution >= 4 is 27.6 Å². The average molecular weight is 283 g/mol. The summed E-state index contributed by atoms with van der Waals surface area (Å²) in [5, 5.41) is -0.333. The molecule has 2 N–H and O–H groups in total. The molecule has 0 aromatic carbocycles. The normalized spacial score (nSPS) is 13.7. The molecule has 0 saturated heterocycles. The Labute approximate surface area is 107 Å². The molecular weight excluding hydrogens is 262 g/mol. The smallest absolute Gasteiger partial charge is 0.322 e. The van der Waals surface area contributed by atoms with Crippen LogP contribution in [0.25, 0.3) is 0 Å². The molecule has 0 aliphatic carbocycles. The van der Waals surface area contributed by atoms with Gasteiger partial charge in [0.05, 0.1) is 18.1 Å². The number of sulfone groups is 1. The monoisotopic (exact) mass is 283 g/mol. The van der Waals surface area contributed by atoms with Gasteiger partial charge < -0.3 is 10.5 Å². The predicted octanol–water partition coefficient (Wildman–Crippen LogP) is 0.433. The third-order valence-corrected chi connectivity index (χ3v) is 5.79. The number of ether oxygens (including phenoxy) is 1. The van der Waals surface area contributed by atoms with Crippen molar-refractivity contribution in [3.05, 3.63) is 0 Å². The fourth-order valence-electron chi connectivity index (χ4n) is 0.992. The first-order valence-electron chi connectivity index (χ1n) is 5.44. The number of hydrogen-bond donors (Lipinski definition) is 1. The Morgan fingerprint density at radius 2 is 1.94 bits per heavy atom. The number of thioether (sulfide) groups is 1. The second kappa shape index (κ2) is 7.94. The maximum atomic E-state index is 11.5. The van der Waals surface area contributed by atoms with E-state index in [2.05, 4.69) is 4.74 Å². The van der Waals surface area contributed by atoms with Crippen LogP contribution in [-0.4, -0.2) is 50.0 Å². The van der Waals surface area contributed by atoms with Crippen molar-refractivity contribution in [1.29, 1.82) is 0 Å². The Hall–Kier alpha value is -0.270. The van der Waals surface area contributed by atoms with Crippen molar-refractivity contribution in [1.82, 2.24) is 0 Å². The Morgan fingerprint density at radius 3 is 2.41 bits per heavy atom. The molecule has 17 heavy (non-hydrogen) atoms. The fourth-order valence-corrected chi connectivity index (χ4v) is 3.49. The summed E-state index contributed by atoms with van der Waals surface area (Å²) in [6.45, 7) is 3.35.